The molecule has 74 valence electrons. The number of carbonyl (C=O) groups excluding carboxylic acids is 1. The third kappa shape index (κ3) is 1.46. The zero-order valence-electron chi connectivity index (χ0n) is 8.42. The van der Waals surface area contributed by atoms with Gasteiger partial charge in [0.25, 0.3) is 0 Å². The minimum atomic E-state index is 0.154. The van der Waals surface area contributed by atoms with Crippen molar-refractivity contribution in [3.63, 3.8) is 0 Å². The van der Waals surface area contributed by atoms with Crippen molar-refractivity contribution in [2.24, 2.45) is 5.92 Å². The Hall–Kier alpha value is -0.570. The number of hydrogen-bond donors (Lipinski definition) is 1. The normalized spacial score (nSPS) is 32.7. The van der Waals surface area contributed by atoms with E-state index in [0.29, 0.717) is 18.0 Å². The van der Waals surface area contributed by atoms with Gasteiger partial charge in [-0.3, -0.25) is 4.79 Å². The van der Waals surface area contributed by atoms with Gasteiger partial charge in [-0.25, -0.2) is 0 Å². The van der Waals surface area contributed by atoms with Gasteiger partial charge >= 0.3 is 0 Å². The molecular weight excluding hydrogens is 164 g/mol. The number of carbonyl (C=O) groups is 1. The zero-order valence-corrected chi connectivity index (χ0v) is 8.42. The lowest BCUT2D eigenvalue weighted by atomic mass is 10.1. The fraction of sp³-hybridized carbons (Fsp3) is 0.900. The van der Waals surface area contributed by atoms with Gasteiger partial charge in [-0.05, 0) is 12.8 Å². The van der Waals surface area contributed by atoms with E-state index >= 15 is 0 Å². The summed E-state index contributed by atoms with van der Waals surface area (Å²) in [4.78, 5) is 14.0. The smallest absolute Gasteiger partial charge is 0.225 e. The lowest BCUT2D eigenvalue weighted by molar-refractivity contribution is -0.138. The first-order valence-corrected chi connectivity index (χ1v) is 5.23. The molecule has 2 fully saturated rings. The summed E-state index contributed by atoms with van der Waals surface area (Å²) in [6.45, 7) is 5.97. The van der Waals surface area contributed by atoms with Gasteiger partial charge in [-0.1, -0.05) is 13.8 Å². The summed E-state index contributed by atoms with van der Waals surface area (Å²) in [6, 6.07) is 0.960. The van der Waals surface area contributed by atoms with E-state index in [4.69, 9.17) is 0 Å². The molecule has 0 aromatic rings. The molecule has 2 aliphatic rings. The maximum Gasteiger partial charge on any atom is 0.225 e. The molecule has 0 radical (unpaired) electrons. The standard InChI is InChI=1S/C10H18N2O/c1-7(2)10(13)12-8-3-4-9(12)6-11-5-8/h7-9,11H,3-6H2,1-2H3. The highest BCUT2D eigenvalue weighted by molar-refractivity contribution is 5.79. The molecule has 2 bridgehead atoms. The van der Waals surface area contributed by atoms with Crippen LogP contribution in [0.15, 0.2) is 0 Å². The first kappa shape index (κ1) is 9.00. The van der Waals surface area contributed by atoms with E-state index in [-0.39, 0.29) is 5.92 Å². The molecule has 2 atom stereocenters. The van der Waals surface area contributed by atoms with Gasteiger partial charge in [0.1, 0.15) is 0 Å². The molecule has 0 aromatic carbocycles. The molecule has 2 aliphatic heterocycles. The number of nitrogens with zero attached hydrogens (tertiary/aromatic N) is 1. The number of rotatable bonds is 1. The maximum atomic E-state index is 11.9. The number of fused-ring (bicyclic) bond motifs is 2. The summed E-state index contributed by atoms with van der Waals surface area (Å²) in [5.74, 6) is 0.496. The Morgan fingerprint density at radius 3 is 2.31 bits per heavy atom. The second-order valence-electron chi connectivity index (χ2n) is 4.44. The molecule has 1 N–H and O–H groups in total. The van der Waals surface area contributed by atoms with Crippen molar-refractivity contribution < 1.29 is 4.79 Å². The summed E-state index contributed by atoms with van der Waals surface area (Å²) >= 11 is 0. The summed E-state index contributed by atoms with van der Waals surface area (Å²) in [7, 11) is 0. The molecule has 2 heterocycles. The first-order valence-electron chi connectivity index (χ1n) is 5.23. The molecule has 0 aliphatic carbocycles. The van der Waals surface area contributed by atoms with Gasteiger partial charge in [-0.15, -0.1) is 0 Å². The van der Waals surface area contributed by atoms with Crippen LogP contribution in [0.25, 0.3) is 0 Å². The highest BCUT2D eigenvalue weighted by Crippen LogP contribution is 2.27. The monoisotopic (exact) mass is 182 g/mol. The van der Waals surface area contributed by atoms with E-state index in [1.165, 1.54) is 12.8 Å². The molecule has 0 aromatic heterocycles. The van der Waals surface area contributed by atoms with Crippen molar-refractivity contribution in [3.05, 3.63) is 0 Å². The molecule has 3 nitrogen and oxygen atoms in total. The molecule has 3 heteroatoms. The number of nitrogens with one attached hydrogen (secondary N) is 1. The Morgan fingerprint density at radius 2 is 1.85 bits per heavy atom. The average Bonchev–Trinajstić information content (AvgIpc) is 2.34. The SMILES string of the molecule is CC(C)C(=O)N1C2CCC1CNC2. The van der Waals surface area contributed by atoms with E-state index in [1.807, 2.05) is 13.8 Å². The molecule has 2 saturated heterocycles. The van der Waals surface area contributed by atoms with Crippen LogP contribution in [0.3, 0.4) is 0 Å². The lowest BCUT2D eigenvalue weighted by Crippen LogP contribution is -2.55. The quantitative estimate of drug-likeness (QED) is 0.644. The first-order chi connectivity index (χ1) is 6.20. The summed E-state index contributed by atoms with van der Waals surface area (Å²) in [5.41, 5.74) is 0. The topological polar surface area (TPSA) is 32.3 Å². The second kappa shape index (κ2) is 3.29. The van der Waals surface area contributed by atoms with Gasteiger partial charge in [0.15, 0.2) is 0 Å². The molecule has 1 amide bonds. The van der Waals surface area contributed by atoms with Gasteiger partial charge in [-0.2, -0.15) is 0 Å². The van der Waals surface area contributed by atoms with Crippen molar-refractivity contribution in [1.29, 1.82) is 0 Å². The van der Waals surface area contributed by atoms with Crippen molar-refractivity contribution >= 4 is 5.91 Å². The van der Waals surface area contributed by atoms with Crippen LogP contribution < -0.4 is 5.32 Å². The molecule has 13 heavy (non-hydrogen) atoms. The van der Waals surface area contributed by atoms with E-state index in [9.17, 15) is 4.79 Å². The summed E-state index contributed by atoms with van der Waals surface area (Å²) < 4.78 is 0. The van der Waals surface area contributed by atoms with Crippen LogP contribution in [0.5, 0.6) is 0 Å². The minimum absolute atomic E-state index is 0.154. The Morgan fingerprint density at radius 1 is 1.31 bits per heavy atom. The average molecular weight is 182 g/mol. The maximum absolute atomic E-state index is 11.9. The van der Waals surface area contributed by atoms with Crippen molar-refractivity contribution in [3.8, 4) is 0 Å². The Labute approximate surface area is 79.5 Å². The van der Waals surface area contributed by atoms with E-state index in [0.717, 1.165) is 13.1 Å². The largest absolute Gasteiger partial charge is 0.334 e. The fourth-order valence-electron chi connectivity index (χ4n) is 2.44. The molecule has 2 unspecified atom stereocenters. The third-order valence-electron chi connectivity index (χ3n) is 3.13. The van der Waals surface area contributed by atoms with Gasteiger partial charge in [0.2, 0.25) is 5.91 Å². The predicted molar refractivity (Wildman–Crippen MR) is 51.4 cm³/mol. The number of piperazine rings is 1. The van der Waals surface area contributed by atoms with Crippen LogP contribution in [0.2, 0.25) is 0 Å². The predicted octanol–water partition coefficient (Wildman–Crippen LogP) is 0.605. The molecule has 0 spiro atoms. The van der Waals surface area contributed by atoms with Crippen molar-refractivity contribution in [2.45, 2.75) is 38.8 Å². The van der Waals surface area contributed by atoms with Crippen LogP contribution in [0.1, 0.15) is 26.7 Å². The Bertz CT molecular complexity index is 199. The summed E-state index contributed by atoms with van der Waals surface area (Å²) in [5, 5.41) is 3.38. The van der Waals surface area contributed by atoms with Crippen LogP contribution in [0.4, 0.5) is 0 Å². The molecular formula is C10H18N2O. The minimum Gasteiger partial charge on any atom is -0.334 e. The highest BCUT2D eigenvalue weighted by Gasteiger charge is 2.39. The van der Waals surface area contributed by atoms with E-state index in [1.54, 1.807) is 0 Å². The van der Waals surface area contributed by atoms with Crippen LogP contribution in [-0.2, 0) is 4.79 Å². The van der Waals surface area contributed by atoms with Gasteiger partial charge in [0, 0.05) is 31.1 Å². The fourth-order valence-corrected chi connectivity index (χ4v) is 2.44. The lowest BCUT2D eigenvalue weighted by Gasteiger charge is -2.36. The van der Waals surface area contributed by atoms with Crippen molar-refractivity contribution in [1.82, 2.24) is 10.2 Å². The summed E-state index contributed by atoms with van der Waals surface area (Å²) in [6.07, 6.45) is 2.38. The number of hydrogen-bond acceptors (Lipinski definition) is 2. The van der Waals surface area contributed by atoms with Gasteiger partial charge in [0.05, 0.1) is 0 Å². The Kier molecular flexibility index (Phi) is 2.28. The van der Waals surface area contributed by atoms with Crippen LogP contribution in [-0.4, -0.2) is 36.0 Å². The highest BCUT2D eigenvalue weighted by atomic mass is 16.2. The van der Waals surface area contributed by atoms with Crippen molar-refractivity contribution in [2.75, 3.05) is 13.1 Å². The molecule has 2 rings (SSSR count). The van der Waals surface area contributed by atoms with E-state index in [2.05, 4.69) is 10.2 Å². The third-order valence-corrected chi connectivity index (χ3v) is 3.13. The second-order valence-corrected chi connectivity index (χ2v) is 4.44. The van der Waals surface area contributed by atoms with E-state index < -0.39 is 0 Å². The van der Waals surface area contributed by atoms with Gasteiger partial charge < -0.3 is 10.2 Å². The Balaban J connectivity index is 2.10. The number of amides is 1. The van der Waals surface area contributed by atoms with Crippen LogP contribution >= 0.6 is 0 Å². The van der Waals surface area contributed by atoms with Crippen LogP contribution in [0, 0.1) is 5.92 Å². The zero-order chi connectivity index (χ0) is 9.42. The molecule has 0 saturated carbocycles.